The minimum Gasteiger partial charge on any atom is -0.376 e. The molecule has 36 heavy (non-hydrogen) atoms. The van der Waals surface area contributed by atoms with E-state index in [1.54, 1.807) is 6.07 Å². The summed E-state index contributed by atoms with van der Waals surface area (Å²) in [6.45, 7) is 7.39. The van der Waals surface area contributed by atoms with E-state index in [-0.39, 0.29) is 17.4 Å². The molecule has 0 spiro atoms. The number of anilines is 2. The van der Waals surface area contributed by atoms with Gasteiger partial charge in [0.15, 0.2) is 0 Å². The summed E-state index contributed by atoms with van der Waals surface area (Å²) in [6, 6.07) is 3.24. The van der Waals surface area contributed by atoms with Crippen LogP contribution in [0.25, 0.3) is 0 Å². The lowest BCUT2D eigenvalue weighted by molar-refractivity contribution is -0.393. The minimum atomic E-state index is -0.506. The summed E-state index contributed by atoms with van der Waals surface area (Å²) in [5.41, 5.74) is 6.64. The third kappa shape index (κ3) is 6.26. The lowest BCUT2D eigenvalue weighted by Crippen LogP contribution is -2.37. The molecule has 3 aliphatic rings. The highest BCUT2D eigenvalue weighted by atomic mass is 16.6. The van der Waals surface area contributed by atoms with E-state index in [0.717, 1.165) is 57.2 Å². The van der Waals surface area contributed by atoms with Crippen LogP contribution >= 0.6 is 0 Å². The fourth-order valence-corrected chi connectivity index (χ4v) is 6.67. The maximum absolute atomic E-state index is 11.9. The van der Waals surface area contributed by atoms with Crippen molar-refractivity contribution in [3.05, 3.63) is 32.4 Å². The second-order valence-electron chi connectivity index (χ2n) is 11.4. The first kappa shape index (κ1) is 26.6. The van der Waals surface area contributed by atoms with Crippen LogP contribution in [0, 0.1) is 43.9 Å². The number of hydrogen-bond acceptors (Lipinski definition) is 8. The van der Waals surface area contributed by atoms with E-state index < -0.39 is 9.85 Å². The predicted molar refractivity (Wildman–Crippen MR) is 142 cm³/mol. The van der Waals surface area contributed by atoms with Crippen molar-refractivity contribution in [2.75, 3.05) is 36.4 Å². The van der Waals surface area contributed by atoms with Crippen LogP contribution in [0.3, 0.4) is 0 Å². The summed E-state index contributed by atoms with van der Waals surface area (Å²) in [5, 5.41) is 30.5. The Bertz CT molecular complexity index is 935. The van der Waals surface area contributed by atoms with Gasteiger partial charge in [-0.1, -0.05) is 13.8 Å². The first-order valence-corrected chi connectivity index (χ1v) is 13.7. The zero-order valence-electron chi connectivity index (χ0n) is 21.7. The van der Waals surface area contributed by atoms with E-state index in [1.165, 1.54) is 19.3 Å². The third-order valence-corrected chi connectivity index (χ3v) is 8.80. The van der Waals surface area contributed by atoms with Crippen molar-refractivity contribution in [3.63, 3.8) is 0 Å². The van der Waals surface area contributed by atoms with Crippen molar-refractivity contribution in [1.29, 1.82) is 0 Å². The Hall–Kier alpha value is -2.46. The molecule has 200 valence electrons. The summed E-state index contributed by atoms with van der Waals surface area (Å²) in [7, 11) is 0. The van der Waals surface area contributed by atoms with Crippen LogP contribution in [0.1, 0.15) is 65.2 Å². The SMILES string of the molecule is CC1CC(CC2CCC(Nc3cc(N4CCCNCC4)c([N+](=O)[O-])cc3[N+](=O)[O-])C(C)C2)CCC1N. The highest BCUT2D eigenvalue weighted by Gasteiger charge is 2.34. The van der Waals surface area contributed by atoms with E-state index in [4.69, 9.17) is 5.73 Å². The average Bonchev–Trinajstić information content (AvgIpc) is 3.12. The van der Waals surface area contributed by atoms with Crippen molar-refractivity contribution >= 4 is 22.7 Å². The predicted octanol–water partition coefficient (Wildman–Crippen LogP) is 4.67. The Labute approximate surface area is 213 Å². The van der Waals surface area contributed by atoms with E-state index in [9.17, 15) is 20.2 Å². The minimum absolute atomic E-state index is 0.110. The van der Waals surface area contributed by atoms with Gasteiger partial charge in [-0.2, -0.15) is 0 Å². The van der Waals surface area contributed by atoms with Crippen molar-refractivity contribution in [2.45, 2.75) is 77.3 Å². The zero-order valence-corrected chi connectivity index (χ0v) is 21.7. The maximum atomic E-state index is 11.9. The van der Waals surface area contributed by atoms with Gasteiger partial charge < -0.3 is 21.3 Å². The van der Waals surface area contributed by atoms with Crippen molar-refractivity contribution in [1.82, 2.24) is 5.32 Å². The maximum Gasteiger partial charge on any atom is 0.299 e. The Balaban J connectivity index is 1.48. The van der Waals surface area contributed by atoms with Gasteiger partial charge in [0.25, 0.3) is 11.4 Å². The summed E-state index contributed by atoms with van der Waals surface area (Å²) in [4.78, 5) is 24.7. The van der Waals surface area contributed by atoms with Crippen molar-refractivity contribution in [2.24, 2.45) is 29.4 Å². The number of nitro groups is 2. The number of rotatable bonds is 7. The van der Waals surface area contributed by atoms with Crippen LogP contribution in [0.5, 0.6) is 0 Å². The molecule has 6 atom stereocenters. The summed E-state index contributed by atoms with van der Waals surface area (Å²) in [5.74, 6) is 2.39. The number of nitro benzene ring substituents is 2. The highest BCUT2D eigenvalue weighted by Crippen LogP contribution is 2.42. The molecule has 1 heterocycles. The van der Waals surface area contributed by atoms with Crippen LogP contribution < -0.4 is 21.3 Å². The normalized spacial score (nSPS) is 31.5. The van der Waals surface area contributed by atoms with Crippen molar-refractivity contribution < 1.29 is 9.85 Å². The van der Waals surface area contributed by atoms with Gasteiger partial charge in [0, 0.05) is 31.7 Å². The summed E-state index contributed by atoms with van der Waals surface area (Å²) >= 11 is 0. The van der Waals surface area contributed by atoms with Gasteiger partial charge in [0.1, 0.15) is 11.4 Å². The number of benzene rings is 1. The largest absolute Gasteiger partial charge is 0.376 e. The third-order valence-electron chi connectivity index (χ3n) is 8.80. The monoisotopic (exact) mass is 502 g/mol. The van der Waals surface area contributed by atoms with Crippen LogP contribution in [0.15, 0.2) is 12.1 Å². The van der Waals surface area contributed by atoms with Crippen molar-refractivity contribution in [3.8, 4) is 0 Å². The number of nitrogens with one attached hydrogen (secondary N) is 2. The second kappa shape index (κ2) is 11.7. The molecule has 2 saturated carbocycles. The molecule has 4 rings (SSSR count). The van der Waals surface area contributed by atoms with Gasteiger partial charge >= 0.3 is 0 Å². The number of nitrogens with zero attached hydrogens (tertiary/aromatic N) is 3. The Morgan fingerprint density at radius 3 is 2.33 bits per heavy atom. The van der Waals surface area contributed by atoms with Gasteiger partial charge in [0.2, 0.25) is 0 Å². The second-order valence-corrected chi connectivity index (χ2v) is 11.4. The van der Waals surface area contributed by atoms with Gasteiger partial charge in [0.05, 0.1) is 15.9 Å². The van der Waals surface area contributed by atoms with E-state index in [1.807, 2.05) is 4.90 Å². The Morgan fingerprint density at radius 1 is 0.972 bits per heavy atom. The molecule has 1 aromatic rings. The molecule has 1 aromatic carbocycles. The molecule has 4 N–H and O–H groups in total. The van der Waals surface area contributed by atoms with Crippen LogP contribution in [-0.2, 0) is 0 Å². The summed E-state index contributed by atoms with van der Waals surface area (Å²) < 4.78 is 0. The molecule has 0 amide bonds. The van der Waals surface area contributed by atoms with Gasteiger partial charge in [-0.3, -0.25) is 20.2 Å². The van der Waals surface area contributed by atoms with Gasteiger partial charge in [-0.05, 0) is 87.6 Å². The molecular weight excluding hydrogens is 460 g/mol. The quantitative estimate of drug-likeness (QED) is 0.361. The smallest absolute Gasteiger partial charge is 0.299 e. The lowest BCUT2D eigenvalue weighted by Gasteiger charge is -2.39. The van der Waals surface area contributed by atoms with E-state index in [2.05, 4.69) is 24.5 Å². The Morgan fingerprint density at radius 2 is 1.67 bits per heavy atom. The molecule has 1 aliphatic heterocycles. The highest BCUT2D eigenvalue weighted by molar-refractivity contribution is 5.78. The molecule has 0 bridgehead atoms. The van der Waals surface area contributed by atoms with Gasteiger partial charge in [-0.25, -0.2) is 0 Å². The molecule has 0 aromatic heterocycles. The first-order valence-electron chi connectivity index (χ1n) is 13.7. The fraction of sp³-hybridized carbons (Fsp3) is 0.769. The molecule has 3 fully saturated rings. The lowest BCUT2D eigenvalue weighted by atomic mass is 9.71. The molecule has 10 nitrogen and oxygen atoms in total. The fourth-order valence-electron chi connectivity index (χ4n) is 6.67. The first-order chi connectivity index (χ1) is 17.2. The topological polar surface area (TPSA) is 140 Å². The zero-order chi connectivity index (χ0) is 25.8. The van der Waals surface area contributed by atoms with Crippen LogP contribution in [-0.4, -0.2) is 48.1 Å². The molecule has 2 aliphatic carbocycles. The molecular formula is C26H42N6O4. The van der Waals surface area contributed by atoms with Crippen LogP contribution in [0.4, 0.5) is 22.7 Å². The average molecular weight is 503 g/mol. The number of hydrogen-bond donors (Lipinski definition) is 3. The molecule has 10 heteroatoms. The van der Waals surface area contributed by atoms with Gasteiger partial charge in [-0.15, -0.1) is 0 Å². The summed E-state index contributed by atoms with van der Waals surface area (Å²) in [6.07, 6.45) is 8.83. The number of nitrogens with two attached hydrogens (primary N) is 1. The van der Waals surface area contributed by atoms with Crippen LogP contribution in [0.2, 0.25) is 0 Å². The Kier molecular flexibility index (Phi) is 8.66. The van der Waals surface area contributed by atoms with E-state index >= 15 is 0 Å². The van der Waals surface area contributed by atoms with E-state index in [0.29, 0.717) is 48.3 Å². The standard InChI is InChI=1S/C26H42N6O4/c1-17-12-19(4-6-21(17)27)14-20-5-7-22(18(2)13-20)29-23-15-25(30-10-3-8-28-9-11-30)26(32(35)36)16-24(23)31(33)34/h15-22,28-29H,3-14,27H2,1-2H3. The molecule has 1 saturated heterocycles. The molecule has 0 radical (unpaired) electrons. The molecule has 6 unspecified atom stereocenters.